The molecule has 3 aliphatic heterocycles. The predicted molar refractivity (Wildman–Crippen MR) is 110 cm³/mol. The van der Waals surface area contributed by atoms with Crippen LogP contribution in [0.25, 0.3) is 0 Å². The van der Waals surface area contributed by atoms with E-state index in [4.69, 9.17) is 9.73 Å². The average molecular weight is 385 g/mol. The van der Waals surface area contributed by atoms with Crippen molar-refractivity contribution in [3.63, 3.8) is 0 Å². The molecule has 1 unspecified atom stereocenters. The Hall–Kier alpha value is -2.08. The number of nitrogens with one attached hydrogen (secondary N) is 1. The Morgan fingerprint density at radius 1 is 1.21 bits per heavy atom. The van der Waals surface area contributed by atoms with Crippen LogP contribution in [-0.4, -0.2) is 61.1 Å². The Labute approximate surface area is 167 Å². The lowest BCUT2D eigenvalue weighted by Gasteiger charge is -2.25. The average Bonchev–Trinajstić information content (AvgIpc) is 3.44. The second-order valence-corrected chi connectivity index (χ2v) is 8.33. The molecule has 3 heterocycles. The molecule has 152 valence electrons. The van der Waals surface area contributed by atoms with Crippen molar-refractivity contribution in [1.82, 2.24) is 15.1 Å². The number of hydrogen-bond acceptors (Lipinski definition) is 3. The van der Waals surface area contributed by atoms with Crippen LogP contribution >= 0.6 is 0 Å². The van der Waals surface area contributed by atoms with Crippen molar-refractivity contribution in [3.8, 4) is 0 Å². The molecule has 6 heteroatoms. The van der Waals surface area contributed by atoms with Crippen molar-refractivity contribution in [1.29, 1.82) is 0 Å². The first-order chi connectivity index (χ1) is 13.7. The number of carbonyl (C=O) groups excluding carboxylic acids is 1. The molecule has 3 aliphatic rings. The molecule has 1 aromatic rings. The summed E-state index contributed by atoms with van der Waals surface area (Å²) in [5, 5.41) is 3.43. The van der Waals surface area contributed by atoms with Crippen LogP contribution in [-0.2, 0) is 22.6 Å². The highest BCUT2D eigenvalue weighted by molar-refractivity contribution is 5.80. The highest BCUT2D eigenvalue weighted by atomic mass is 16.5. The predicted octanol–water partition coefficient (Wildman–Crippen LogP) is 2.39. The molecule has 1 aromatic carbocycles. The van der Waals surface area contributed by atoms with Crippen molar-refractivity contribution in [3.05, 3.63) is 35.4 Å². The van der Waals surface area contributed by atoms with Gasteiger partial charge >= 0.3 is 0 Å². The van der Waals surface area contributed by atoms with E-state index < -0.39 is 0 Å². The minimum Gasteiger partial charge on any atom is -0.381 e. The van der Waals surface area contributed by atoms with Gasteiger partial charge in [-0.15, -0.1) is 0 Å². The molecule has 1 spiro atoms. The van der Waals surface area contributed by atoms with Crippen LogP contribution in [0.4, 0.5) is 0 Å². The normalized spacial score (nSPS) is 24.2. The van der Waals surface area contributed by atoms with Gasteiger partial charge < -0.3 is 19.9 Å². The summed E-state index contributed by atoms with van der Waals surface area (Å²) in [7, 11) is 0. The third kappa shape index (κ3) is 4.17. The Kier molecular flexibility index (Phi) is 5.85. The molecule has 1 N–H and O–H groups in total. The van der Waals surface area contributed by atoms with Gasteiger partial charge in [0.05, 0.1) is 6.61 Å². The van der Waals surface area contributed by atoms with Crippen molar-refractivity contribution in [2.45, 2.75) is 45.7 Å². The zero-order valence-corrected chi connectivity index (χ0v) is 17.0. The molecular formula is C22H32N4O2. The smallest absolute Gasteiger partial charge is 0.223 e. The van der Waals surface area contributed by atoms with Crippen molar-refractivity contribution >= 4 is 11.9 Å². The lowest BCUT2D eigenvalue weighted by Crippen LogP contribution is -2.41. The molecule has 0 aromatic heterocycles. The van der Waals surface area contributed by atoms with E-state index in [9.17, 15) is 4.79 Å². The van der Waals surface area contributed by atoms with Crippen LogP contribution in [0.1, 0.15) is 43.7 Å². The van der Waals surface area contributed by atoms with E-state index in [0.29, 0.717) is 18.4 Å². The fourth-order valence-corrected chi connectivity index (χ4v) is 4.60. The van der Waals surface area contributed by atoms with Gasteiger partial charge in [0.15, 0.2) is 5.96 Å². The van der Waals surface area contributed by atoms with Crippen LogP contribution in [0.3, 0.4) is 0 Å². The Morgan fingerprint density at radius 3 is 2.68 bits per heavy atom. The molecule has 0 aliphatic carbocycles. The van der Waals surface area contributed by atoms with Gasteiger partial charge in [0, 0.05) is 57.7 Å². The number of fused-ring (bicyclic) bond motifs is 1. The Bertz CT molecular complexity index is 702. The third-order valence-corrected chi connectivity index (χ3v) is 6.26. The molecule has 0 radical (unpaired) electrons. The largest absolute Gasteiger partial charge is 0.381 e. The first-order valence-electron chi connectivity index (χ1n) is 10.6. The summed E-state index contributed by atoms with van der Waals surface area (Å²) >= 11 is 0. The zero-order chi connectivity index (χ0) is 19.4. The summed E-state index contributed by atoms with van der Waals surface area (Å²) in [4.78, 5) is 21.7. The second-order valence-electron chi connectivity index (χ2n) is 8.33. The van der Waals surface area contributed by atoms with E-state index in [0.717, 1.165) is 64.7 Å². The number of likely N-dealkylation sites (tertiary alicyclic amines) is 1. The topological polar surface area (TPSA) is 57.2 Å². The van der Waals surface area contributed by atoms with E-state index in [-0.39, 0.29) is 5.91 Å². The van der Waals surface area contributed by atoms with E-state index >= 15 is 0 Å². The van der Waals surface area contributed by atoms with Crippen LogP contribution in [0.2, 0.25) is 0 Å². The van der Waals surface area contributed by atoms with Crippen LogP contribution < -0.4 is 5.32 Å². The molecule has 0 saturated carbocycles. The minimum atomic E-state index is 0.236. The number of aliphatic imine (C=N–C) groups is 1. The number of carbonyl (C=O) groups is 1. The lowest BCUT2D eigenvalue weighted by atomic mass is 9.87. The Balaban J connectivity index is 1.25. The molecule has 2 saturated heterocycles. The molecule has 1 amide bonds. The highest BCUT2D eigenvalue weighted by Gasteiger charge is 2.42. The summed E-state index contributed by atoms with van der Waals surface area (Å²) < 4.78 is 5.64. The molecule has 6 nitrogen and oxygen atoms in total. The fourth-order valence-electron chi connectivity index (χ4n) is 4.60. The van der Waals surface area contributed by atoms with Crippen molar-refractivity contribution in [2.24, 2.45) is 10.4 Å². The maximum atomic E-state index is 12.5. The van der Waals surface area contributed by atoms with E-state index in [1.54, 1.807) is 0 Å². The van der Waals surface area contributed by atoms with Crippen LogP contribution in [0.15, 0.2) is 29.3 Å². The molecule has 1 atom stereocenters. The summed E-state index contributed by atoms with van der Waals surface area (Å²) in [6.45, 7) is 9.01. The number of nitrogens with zero attached hydrogens (tertiary/aromatic N) is 3. The van der Waals surface area contributed by atoms with Gasteiger partial charge in [0.25, 0.3) is 0 Å². The third-order valence-electron chi connectivity index (χ3n) is 6.26. The maximum absolute atomic E-state index is 12.5. The van der Waals surface area contributed by atoms with Gasteiger partial charge in [0.1, 0.15) is 0 Å². The number of ether oxygens (including phenoxy) is 1. The monoisotopic (exact) mass is 384 g/mol. The lowest BCUT2D eigenvalue weighted by molar-refractivity contribution is -0.131. The quantitative estimate of drug-likeness (QED) is 0.481. The maximum Gasteiger partial charge on any atom is 0.223 e. The van der Waals surface area contributed by atoms with Crippen molar-refractivity contribution < 1.29 is 9.53 Å². The van der Waals surface area contributed by atoms with Gasteiger partial charge in [-0.05, 0) is 37.3 Å². The molecule has 4 rings (SSSR count). The van der Waals surface area contributed by atoms with E-state index in [1.165, 1.54) is 17.5 Å². The number of amides is 1. The number of guanidine groups is 1. The number of benzene rings is 1. The standard InChI is InChI=1S/C22H32N4O2/c1-2-23-21(25-12-9-22(16-25)10-13-28-17-22)24-11-5-8-20(27)26-14-18-6-3-4-7-19(18)15-26/h3-4,6-7H,2,5,8-17H2,1H3,(H,23,24). The van der Waals surface area contributed by atoms with Gasteiger partial charge in [0.2, 0.25) is 5.91 Å². The zero-order valence-electron chi connectivity index (χ0n) is 17.0. The number of rotatable bonds is 5. The van der Waals surface area contributed by atoms with Gasteiger partial charge in [-0.1, -0.05) is 24.3 Å². The second kappa shape index (κ2) is 8.52. The summed E-state index contributed by atoms with van der Waals surface area (Å²) in [6.07, 6.45) is 3.71. The van der Waals surface area contributed by atoms with Gasteiger partial charge in [-0.25, -0.2) is 0 Å². The number of hydrogen-bond donors (Lipinski definition) is 1. The van der Waals surface area contributed by atoms with E-state index in [2.05, 4.69) is 29.3 Å². The van der Waals surface area contributed by atoms with Gasteiger partial charge in [-0.3, -0.25) is 9.79 Å². The van der Waals surface area contributed by atoms with E-state index in [1.807, 2.05) is 17.0 Å². The summed E-state index contributed by atoms with van der Waals surface area (Å²) in [5.41, 5.74) is 2.89. The first kappa shape index (κ1) is 19.2. The molecular weight excluding hydrogens is 352 g/mol. The van der Waals surface area contributed by atoms with Crippen LogP contribution in [0.5, 0.6) is 0 Å². The SMILES string of the molecule is CCNC(=NCCCC(=O)N1Cc2ccccc2C1)N1CCC2(CCOC2)C1. The highest BCUT2D eigenvalue weighted by Crippen LogP contribution is 2.38. The van der Waals surface area contributed by atoms with Crippen molar-refractivity contribution in [2.75, 3.05) is 39.4 Å². The summed E-state index contributed by atoms with van der Waals surface area (Å²) in [5.74, 6) is 1.23. The minimum absolute atomic E-state index is 0.236. The fraction of sp³-hybridized carbons (Fsp3) is 0.636. The summed E-state index contributed by atoms with van der Waals surface area (Å²) in [6, 6.07) is 8.33. The Morgan fingerprint density at radius 2 is 2.00 bits per heavy atom. The molecule has 0 bridgehead atoms. The van der Waals surface area contributed by atoms with Gasteiger partial charge in [-0.2, -0.15) is 0 Å². The first-order valence-corrected chi connectivity index (χ1v) is 10.6. The van der Waals surface area contributed by atoms with Crippen LogP contribution in [0, 0.1) is 5.41 Å². The molecule has 2 fully saturated rings. The molecule has 28 heavy (non-hydrogen) atoms.